The maximum Gasteiger partial charge on any atom is -0.0295 e. The van der Waals surface area contributed by atoms with Crippen LogP contribution in [0.3, 0.4) is 0 Å². The molecule has 0 aromatic rings. The van der Waals surface area contributed by atoms with Crippen LogP contribution in [0, 0.1) is 29.6 Å². The maximum atomic E-state index is 2.66. The van der Waals surface area contributed by atoms with Crippen LogP contribution in [0.4, 0.5) is 0 Å². The summed E-state index contributed by atoms with van der Waals surface area (Å²) < 4.78 is 0. The molecule has 0 saturated heterocycles. The van der Waals surface area contributed by atoms with Gasteiger partial charge in [0.25, 0.3) is 0 Å². The highest BCUT2D eigenvalue weighted by Crippen LogP contribution is 2.51. The predicted molar refractivity (Wildman–Crippen MR) is 89.6 cm³/mol. The van der Waals surface area contributed by atoms with Crippen molar-refractivity contribution in [1.29, 1.82) is 0 Å². The summed E-state index contributed by atoms with van der Waals surface area (Å²) in [6.45, 7) is 7.64. The third kappa shape index (κ3) is 4.25. The van der Waals surface area contributed by atoms with Crippen LogP contribution in [0.5, 0.6) is 0 Å². The molecule has 117 valence electrons. The average molecular weight is 278 g/mol. The maximum absolute atomic E-state index is 2.66. The Morgan fingerprint density at radius 3 is 1.85 bits per heavy atom. The van der Waals surface area contributed by atoms with E-state index >= 15 is 0 Å². The first kappa shape index (κ1) is 16.4. The summed E-state index contributed by atoms with van der Waals surface area (Å²) in [5, 5.41) is 0. The molecular weight excluding hydrogens is 240 g/mol. The van der Waals surface area contributed by atoms with Gasteiger partial charge in [0.05, 0.1) is 0 Å². The minimum absolute atomic E-state index is 0.568. The minimum atomic E-state index is 0.568. The van der Waals surface area contributed by atoms with Crippen molar-refractivity contribution in [3.05, 3.63) is 6.42 Å². The van der Waals surface area contributed by atoms with Crippen molar-refractivity contribution in [1.82, 2.24) is 0 Å². The van der Waals surface area contributed by atoms with Crippen molar-refractivity contribution in [3.8, 4) is 0 Å². The smallest absolute Gasteiger partial charge is 0.0295 e. The Morgan fingerprint density at radius 1 is 0.750 bits per heavy atom. The first-order valence-corrected chi connectivity index (χ1v) is 9.45. The summed E-state index contributed by atoms with van der Waals surface area (Å²) in [5.74, 6) is 2.73. The zero-order valence-corrected chi connectivity index (χ0v) is 14.3. The first-order valence-electron chi connectivity index (χ1n) is 9.45. The van der Waals surface area contributed by atoms with E-state index in [1.807, 2.05) is 0 Å². The molecule has 0 heterocycles. The highest BCUT2D eigenvalue weighted by Gasteiger charge is 2.42. The predicted octanol–water partition coefficient (Wildman–Crippen LogP) is 6.79. The zero-order valence-electron chi connectivity index (χ0n) is 14.3. The molecular formula is C20H37. The van der Waals surface area contributed by atoms with Gasteiger partial charge in [0.2, 0.25) is 0 Å². The fourth-order valence-corrected chi connectivity index (χ4v) is 4.94. The van der Waals surface area contributed by atoms with E-state index in [0.29, 0.717) is 5.41 Å². The molecule has 0 aliphatic heterocycles. The highest BCUT2D eigenvalue weighted by molar-refractivity contribution is 4.98. The Morgan fingerprint density at radius 2 is 1.25 bits per heavy atom. The topological polar surface area (TPSA) is 0 Å². The fourth-order valence-electron chi connectivity index (χ4n) is 4.94. The molecule has 2 rings (SSSR count). The molecule has 2 fully saturated rings. The molecule has 0 aromatic carbocycles. The third-order valence-electron chi connectivity index (χ3n) is 6.50. The van der Waals surface area contributed by atoms with Crippen LogP contribution in [-0.2, 0) is 0 Å². The number of fused-ring (bicyclic) bond motifs is 2. The van der Waals surface area contributed by atoms with Gasteiger partial charge < -0.3 is 0 Å². The Hall–Kier alpha value is 0. The van der Waals surface area contributed by atoms with Crippen LogP contribution in [0.1, 0.15) is 97.8 Å². The van der Waals surface area contributed by atoms with E-state index in [0.717, 1.165) is 17.8 Å². The van der Waals surface area contributed by atoms with Crippen molar-refractivity contribution >= 4 is 0 Å². The van der Waals surface area contributed by atoms with Crippen LogP contribution in [0.15, 0.2) is 0 Å². The molecule has 2 aliphatic carbocycles. The SMILES string of the molecule is CC1[CH]CC2CCCCCCCCCCCC1C2(C)C. The summed E-state index contributed by atoms with van der Waals surface area (Å²) in [6.07, 6.45) is 20.3. The average Bonchev–Trinajstić information content (AvgIpc) is 2.40. The van der Waals surface area contributed by atoms with E-state index < -0.39 is 0 Å². The van der Waals surface area contributed by atoms with E-state index in [-0.39, 0.29) is 0 Å². The molecule has 2 aliphatic rings. The van der Waals surface area contributed by atoms with Crippen LogP contribution in [0.2, 0.25) is 0 Å². The summed E-state index contributed by atoms with van der Waals surface area (Å²) >= 11 is 0. The molecule has 3 unspecified atom stereocenters. The lowest BCUT2D eigenvalue weighted by molar-refractivity contribution is 0.0336. The lowest BCUT2D eigenvalue weighted by atomic mass is 9.56. The van der Waals surface area contributed by atoms with E-state index in [1.165, 1.54) is 77.0 Å². The molecule has 2 saturated carbocycles. The molecule has 0 amide bonds. The van der Waals surface area contributed by atoms with Crippen LogP contribution >= 0.6 is 0 Å². The molecule has 0 N–H and O–H groups in total. The van der Waals surface area contributed by atoms with E-state index in [2.05, 4.69) is 27.2 Å². The van der Waals surface area contributed by atoms with Crippen LogP contribution < -0.4 is 0 Å². The zero-order chi connectivity index (χ0) is 14.4. The second-order valence-corrected chi connectivity index (χ2v) is 8.21. The third-order valence-corrected chi connectivity index (χ3v) is 6.50. The van der Waals surface area contributed by atoms with Gasteiger partial charge in [-0.2, -0.15) is 0 Å². The number of rotatable bonds is 0. The standard InChI is InChI=1S/C20H37/c1-17-15-16-18-13-11-9-7-5-4-6-8-10-12-14-19(17)20(18,2)3/h15,17-19H,4-14,16H2,1-3H3. The van der Waals surface area contributed by atoms with Gasteiger partial charge in [-0.05, 0) is 48.9 Å². The quantitative estimate of drug-likeness (QED) is 0.457. The molecule has 2 bridgehead atoms. The second kappa shape index (κ2) is 7.85. The molecule has 20 heavy (non-hydrogen) atoms. The summed E-state index contributed by atoms with van der Waals surface area (Å²) in [4.78, 5) is 0. The summed E-state index contributed by atoms with van der Waals surface area (Å²) in [7, 11) is 0. The lowest BCUT2D eigenvalue weighted by Gasteiger charge is -2.49. The number of hydrogen-bond acceptors (Lipinski definition) is 0. The van der Waals surface area contributed by atoms with Gasteiger partial charge in [-0.25, -0.2) is 0 Å². The van der Waals surface area contributed by atoms with Gasteiger partial charge in [0.15, 0.2) is 0 Å². The lowest BCUT2D eigenvalue weighted by Crippen LogP contribution is -2.41. The Labute approximate surface area is 128 Å². The fraction of sp³-hybridized carbons (Fsp3) is 0.950. The van der Waals surface area contributed by atoms with E-state index in [1.54, 1.807) is 0 Å². The van der Waals surface area contributed by atoms with Gasteiger partial charge >= 0.3 is 0 Å². The molecule has 0 spiro atoms. The minimum Gasteiger partial charge on any atom is -0.0619 e. The van der Waals surface area contributed by atoms with Crippen molar-refractivity contribution in [2.24, 2.45) is 23.2 Å². The van der Waals surface area contributed by atoms with Crippen molar-refractivity contribution < 1.29 is 0 Å². The van der Waals surface area contributed by atoms with Gasteiger partial charge in [-0.1, -0.05) is 78.6 Å². The Kier molecular flexibility index (Phi) is 6.43. The molecule has 3 atom stereocenters. The monoisotopic (exact) mass is 277 g/mol. The van der Waals surface area contributed by atoms with Crippen molar-refractivity contribution in [2.45, 2.75) is 97.8 Å². The Balaban J connectivity index is 1.98. The van der Waals surface area contributed by atoms with Gasteiger partial charge in [-0.15, -0.1) is 0 Å². The number of hydrogen-bond donors (Lipinski definition) is 0. The van der Waals surface area contributed by atoms with Crippen LogP contribution in [0.25, 0.3) is 0 Å². The molecule has 0 heteroatoms. The van der Waals surface area contributed by atoms with Crippen LogP contribution in [-0.4, -0.2) is 0 Å². The molecule has 0 nitrogen and oxygen atoms in total. The van der Waals surface area contributed by atoms with Crippen molar-refractivity contribution in [2.75, 3.05) is 0 Å². The first-order chi connectivity index (χ1) is 9.62. The second-order valence-electron chi connectivity index (χ2n) is 8.21. The van der Waals surface area contributed by atoms with Gasteiger partial charge in [-0.3, -0.25) is 0 Å². The summed E-state index contributed by atoms with van der Waals surface area (Å²) in [6, 6.07) is 0. The molecule has 0 aromatic heterocycles. The summed E-state index contributed by atoms with van der Waals surface area (Å²) in [5.41, 5.74) is 0.568. The van der Waals surface area contributed by atoms with E-state index in [4.69, 9.17) is 0 Å². The van der Waals surface area contributed by atoms with Crippen molar-refractivity contribution in [3.63, 3.8) is 0 Å². The molecule has 1 radical (unpaired) electrons. The van der Waals surface area contributed by atoms with Gasteiger partial charge in [0.1, 0.15) is 0 Å². The highest BCUT2D eigenvalue weighted by atomic mass is 14.5. The Bertz CT molecular complexity index is 265. The largest absolute Gasteiger partial charge is 0.0619 e. The van der Waals surface area contributed by atoms with E-state index in [9.17, 15) is 0 Å². The normalized spacial score (nSPS) is 37.0. The van der Waals surface area contributed by atoms with Gasteiger partial charge in [0, 0.05) is 0 Å².